The van der Waals surface area contributed by atoms with E-state index in [0.717, 1.165) is 5.06 Å². The van der Waals surface area contributed by atoms with Gasteiger partial charge in [-0.25, -0.2) is 5.06 Å². The molecule has 14 heavy (non-hydrogen) atoms. The summed E-state index contributed by atoms with van der Waals surface area (Å²) in [6.45, 7) is 5.49. The third kappa shape index (κ3) is 2.05. The molecule has 1 atom stereocenters. The van der Waals surface area contributed by atoms with Gasteiger partial charge in [0.25, 0.3) is 5.91 Å². The van der Waals surface area contributed by atoms with Gasteiger partial charge in [-0.05, 0) is 20.8 Å². The molecule has 5 nitrogen and oxygen atoms in total. The van der Waals surface area contributed by atoms with E-state index in [-0.39, 0.29) is 12.5 Å². The van der Waals surface area contributed by atoms with Gasteiger partial charge in [0.15, 0.2) is 11.4 Å². The highest BCUT2D eigenvalue weighted by atomic mass is 16.8. The van der Waals surface area contributed by atoms with Crippen molar-refractivity contribution in [3.63, 3.8) is 0 Å². The quantitative estimate of drug-likeness (QED) is 0.615. The van der Waals surface area contributed by atoms with Gasteiger partial charge >= 0.3 is 0 Å². The Morgan fingerprint density at radius 2 is 2.00 bits per heavy atom. The Labute approximate surface area is 83.9 Å². The van der Waals surface area contributed by atoms with Crippen molar-refractivity contribution in [3.05, 3.63) is 0 Å². The monoisotopic (exact) mass is 203 g/mol. The Hall–Kier alpha value is -0.650. The maximum Gasteiger partial charge on any atom is 0.280 e. The molecule has 1 saturated heterocycles. The largest absolute Gasteiger partial charge is 0.347 e. The predicted molar refractivity (Wildman–Crippen MR) is 49.3 cm³/mol. The highest BCUT2D eigenvalue weighted by Gasteiger charge is 2.48. The van der Waals surface area contributed by atoms with Gasteiger partial charge in [0.05, 0.1) is 13.7 Å². The van der Waals surface area contributed by atoms with Gasteiger partial charge in [-0.2, -0.15) is 0 Å². The zero-order chi connectivity index (χ0) is 11.0. The van der Waals surface area contributed by atoms with E-state index in [2.05, 4.69) is 0 Å². The second-order valence-corrected chi connectivity index (χ2v) is 4.01. The zero-order valence-corrected chi connectivity index (χ0v) is 9.29. The average molecular weight is 203 g/mol. The first-order chi connectivity index (χ1) is 6.31. The minimum absolute atomic E-state index is 0.243. The van der Waals surface area contributed by atoms with Crippen molar-refractivity contribution in [2.24, 2.45) is 0 Å². The van der Waals surface area contributed by atoms with E-state index in [4.69, 9.17) is 14.3 Å². The highest BCUT2D eigenvalue weighted by Crippen LogP contribution is 2.31. The minimum atomic E-state index is -0.950. The molecule has 1 rings (SSSR count). The summed E-state index contributed by atoms with van der Waals surface area (Å²) in [6.07, 6.45) is 0. The van der Waals surface area contributed by atoms with Gasteiger partial charge in [0, 0.05) is 7.05 Å². The van der Waals surface area contributed by atoms with Crippen LogP contribution in [0.3, 0.4) is 0 Å². The molecule has 0 N–H and O–H groups in total. The van der Waals surface area contributed by atoms with Crippen LogP contribution < -0.4 is 0 Å². The molecule has 0 aromatic carbocycles. The fraction of sp³-hybridized carbons (Fsp3) is 0.889. The Bertz CT molecular complexity index is 241. The summed E-state index contributed by atoms with van der Waals surface area (Å²) < 4.78 is 10.9. The van der Waals surface area contributed by atoms with E-state index in [0.29, 0.717) is 0 Å². The van der Waals surface area contributed by atoms with Crippen molar-refractivity contribution in [2.75, 3.05) is 20.8 Å². The highest BCUT2D eigenvalue weighted by molar-refractivity contribution is 5.84. The van der Waals surface area contributed by atoms with Crippen molar-refractivity contribution < 1.29 is 19.1 Å². The maximum absolute atomic E-state index is 11.8. The summed E-state index contributed by atoms with van der Waals surface area (Å²) in [6, 6.07) is 0. The third-order valence-corrected chi connectivity index (χ3v) is 2.18. The number of amides is 1. The van der Waals surface area contributed by atoms with E-state index in [1.54, 1.807) is 27.8 Å². The number of ether oxygens (including phenoxy) is 2. The predicted octanol–water partition coefficient (Wildman–Crippen LogP) is 0.548. The van der Waals surface area contributed by atoms with Crippen LogP contribution in [-0.2, 0) is 19.1 Å². The second-order valence-electron chi connectivity index (χ2n) is 4.01. The smallest absolute Gasteiger partial charge is 0.280 e. The molecular formula is C9H17NO4. The molecule has 5 heteroatoms. The van der Waals surface area contributed by atoms with Crippen LogP contribution in [0.15, 0.2) is 0 Å². The molecule has 0 spiro atoms. The maximum atomic E-state index is 11.8. The Morgan fingerprint density at radius 3 is 2.36 bits per heavy atom. The molecule has 0 aliphatic carbocycles. The van der Waals surface area contributed by atoms with E-state index in [1.807, 2.05) is 0 Å². The van der Waals surface area contributed by atoms with Crippen molar-refractivity contribution in [1.82, 2.24) is 5.06 Å². The number of hydroxylamine groups is 2. The van der Waals surface area contributed by atoms with Crippen molar-refractivity contribution in [2.45, 2.75) is 32.2 Å². The van der Waals surface area contributed by atoms with Crippen LogP contribution in [0.4, 0.5) is 0 Å². The van der Waals surface area contributed by atoms with Crippen LogP contribution in [-0.4, -0.2) is 43.1 Å². The van der Waals surface area contributed by atoms with E-state index in [1.165, 1.54) is 7.11 Å². The summed E-state index contributed by atoms with van der Waals surface area (Å²) in [5.74, 6) is -0.954. The third-order valence-electron chi connectivity index (χ3n) is 2.18. The van der Waals surface area contributed by atoms with Gasteiger partial charge in [-0.15, -0.1) is 0 Å². The van der Waals surface area contributed by atoms with Crippen molar-refractivity contribution in [1.29, 1.82) is 0 Å². The van der Waals surface area contributed by atoms with Gasteiger partial charge < -0.3 is 9.47 Å². The lowest BCUT2D eigenvalue weighted by molar-refractivity contribution is -0.202. The number of likely N-dealkylation sites (N-methyl/N-ethyl adjacent to an activating group) is 1. The normalized spacial score (nSPS) is 30.4. The number of hydrogen-bond acceptors (Lipinski definition) is 4. The van der Waals surface area contributed by atoms with Crippen LogP contribution >= 0.6 is 0 Å². The summed E-state index contributed by atoms with van der Waals surface area (Å²) in [5.41, 5.74) is -0.950. The van der Waals surface area contributed by atoms with E-state index in [9.17, 15) is 4.79 Å². The molecule has 0 aromatic heterocycles. The van der Waals surface area contributed by atoms with E-state index >= 15 is 0 Å². The lowest BCUT2D eigenvalue weighted by atomic mass is 10.1. The number of carbonyl (C=O) groups is 1. The minimum Gasteiger partial charge on any atom is -0.347 e. The van der Waals surface area contributed by atoms with Crippen LogP contribution in [0.1, 0.15) is 20.8 Å². The first kappa shape index (κ1) is 11.4. The molecule has 82 valence electrons. The first-order valence-corrected chi connectivity index (χ1v) is 4.47. The summed E-state index contributed by atoms with van der Waals surface area (Å²) in [5, 5.41) is 1.14. The molecular weight excluding hydrogens is 186 g/mol. The van der Waals surface area contributed by atoms with Crippen LogP contribution in [0.2, 0.25) is 0 Å². The van der Waals surface area contributed by atoms with Crippen LogP contribution in [0, 0.1) is 0 Å². The van der Waals surface area contributed by atoms with Gasteiger partial charge in [0.1, 0.15) is 0 Å². The first-order valence-electron chi connectivity index (χ1n) is 4.47. The van der Waals surface area contributed by atoms with Crippen LogP contribution in [0.5, 0.6) is 0 Å². The van der Waals surface area contributed by atoms with Crippen molar-refractivity contribution >= 4 is 5.91 Å². The SMILES string of the molecule is CON(C)C(=O)C1(C)COC(C)(C)O1. The standard InChI is InChI=1S/C9H17NO4/c1-8(2)13-6-9(3,14-8)7(11)10(4)12-5/h6H2,1-5H3. The average Bonchev–Trinajstić information content (AvgIpc) is 2.39. The number of carbonyl (C=O) groups excluding carboxylic acids is 1. The molecule has 0 aromatic rings. The summed E-state index contributed by atoms with van der Waals surface area (Å²) >= 11 is 0. The molecule has 0 saturated carbocycles. The Morgan fingerprint density at radius 1 is 1.43 bits per heavy atom. The van der Waals surface area contributed by atoms with Crippen molar-refractivity contribution in [3.8, 4) is 0 Å². The number of nitrogens with zero attached hydrogens (tertiary/aromatic N) is 1. The topological polar surface area (TPSA) is 48.0 Å². The molecule has 1 amide bonds. The van der Waals surface area contributed by atoms with Gasteiger partial charge in [0.2, 0.25) is 0 Å². The Balaban J connectivity index is 2.73. The molecule has 1 aliphatic rings. The van der Waals surface area contributed by atoms with Crippen LogP contribution in [0.25, 0.3) is 0 Å². The molecule has 1 heterocycles. The molecule has 1 fully saturated rings. The lowest BCUT2D eigenvalue weighted by Crippen LogP contribution is -2.47. The zero-order valence-electron chi connectivity index (χ0n) is 9.29. The fourth-order valence-electron chi connectivity index (χ4n) is 1.43. The Kier molecular flexibility index (Phi) is 2.85. The van der Waals surface area contributed by atoms with Gasteiger partial charge in [-0.3, -0.25) is 9.63 Å². The lowest BCUT2D eigenvalue weighted by Gasteiger charge is -2.27. The number of hydrogen-bond donors (Lipinski definition) is 0. The summed E-state index contributed by atoms with van der Waals surface area (Å²) in [7, 11) is 2.98. The van der Waals surface area contributed by atoms with E-state index < -0.39 is 11.4 Å². The fourth-order valence-corrected chi connectivity index (χ4v) is 1.43. The summed E-state index contributed by atoms with van der Waals surface area (Å²) in [4.78, 5) is 16.6. The van der Waals surface area contributed by atoms with Gasteiger partial charge in [-0.1, -0.05) is 0 Å². The molecule has 0 bridgehead atoms. The second kappa shape index (κ2) is 3.49. The molecule has 0 radical (unpaired) electrons. The number of rotatable bonds is 2. The molecule has 1 unspecified atom stereocenters. The molecule has 1 aliphatic heterocycles.